The van der Waals surface area contributed by atoms with Crippen molar-refractivity contribution in [1.29, 1.82) is 0 Å². The molecule has 0 unspecified atom stereocenters. The number of aromatic nitrogens is 3. The quantitative estimate of drug-likeness (QED) is 0.674. The third-order valence-electron chi connectivity index (χ3n) is 4.73. The van der Waals surface area contributed by atoms with Crippen LogP contribution in [-0.4, -0.2) is 40.0 Å². The minimum Gasteiger partial charge on any atom is -0.486 e. The lowest BCUT2D eigenvalue weighted by Gasteiger charge is -2.20. The predicted molar refractivity (Wildman–Crippen MR) is 104 cm³/mol. The topological polar surface area (TPSA) is 87.5 Å². The van der Waals surface area contributed by atoms with Crippen molar-refractivity contribution in [2.45, 2.75) is 26.1 Å². The van der Waals surface area contributed by atoms with E-state index in [1.54, 1.807) is 18.2 Å². The number of hydrogen-bond acceptors (Lipinski definition) is 6. The largest absolute Gasteiger partial charge is 0.486 e. The number of amides is 1. The minimum atomic E-state index is -4.64. The van der Waals surface area contributed by atoms with Crippen molar-refractivity contribution in [2.24, 2.45) is 7.05 Å². The number of ether oxygens (including phenoxy) is 3. The Labute approximate surface area is 174 Å². The van der Waals surface area contributed by atoms with E-state index in [2.05, 4.69) is 15.4 Å². The summed E-state index contributed by atoms with van der Waals surface area (Å²) in [5, 5.41) is 6.55. The molecule has 1 amide bonds. The Balaban J connectivity index is 1.56. The van der Waals surface area contributed by atoms with Crippen molar-refractivity contribution in [3.8, 4) is 17.4 Å². The van der Waals surface area contributed by atoms with Gasteiger partial charge in [0.1, 0.15) is 13.2 Å². The average Bonchev–Trinajstić information content (AvgIpc) is 3.00. The maximum atomic E-state index is 13.6. The Kier molecular flexibility index (Phi) is 5.11. The number of anilines is 1. The first-order valence-electron chi connectivity index (χ1n) is 9.42. The molecule has 1 aromatic carbocycles. The normalized spacial score (nSPS) is 14.4. The molecule has 0 saturated heterocycles. The van der Waals surface area contributed by atoms with Crippen molar-refractivity contribution in [3.05, 3.63) is 35.5 Å². The summed E-state index contributed by atoms with van der Waals surface area (Å²) in [6.45, 7) is 3.73. The first-order chi connectivity index (χ1) is 14.6. The first-order valence-corrected chi connectivity index (χ1v) is 9.42. The Bertz CT molecular complexity index is 1160. The van der Waals surface area contributed by atoms with Gasteiger partial charge in [0.25, 0.3) is 5.91 Å². The van der Waals surface area contributed by atoms with Gasteiger partial charge < -0.3 is 19.5 Å². The highest BCUT2D eigenvalue weighted by Gasteiger charge is 2.36. The molecule has 0 radical (unpaired) electrons. The van der Waals surface area contributed by atoms with E-state index >= 15 is 0 Å². The minimum absolute atomic E-state index is 0.0155. The number of nitrogens with zero attached hydrogens (tertiary/aromatic N) is 3. The van der Waals surface area contributed by atoms with E-state index in [1.807, 2.05) is 0 Å². The number of fused-ring (bicyclic) bond motifs is 2. The molecule has 11 heteroatoms. The molecule has 3 aromatic rings. The van der Waals surface area contributed by atoms with Crippen LogP contribution in [-0.2, 0) is 18.0 Å². The van der Waals surface area contributed by atoms with Crippen LogP contribution in [0.15, 0.2) is 24.3 Å². The Morgan fingerprint density at radius 3 is 2.65 bits per heavy atom. The van der Waals surface area contributed by atoms with Crippen molar-refractivity contribution >= 4 is 22.6 Å². The van der Waals surface area contributed by atoms with E-state index in [-0.39, 0.29) is 22.6 Å². The number of benzene rings is 1. The highest BCUT2D eigenvalue weighted by molar-refractivity contribution is 5.94. The van der Waals surface area contributed by atoms with Crippen LogP contribution in [0.2, 0.25) is 0 Å². The predicted octanol–water partition coefficient (Wildman–Crippen LogP) is 3.47. The summed E-state index contributed by atoms with van der Waals surface area (Å²) >= 11 is 0. The fraction of sp³-hybridized carbons (Fsp3) is 0.350. The number of halogens is 3. The van der Waals surface area contributed by atoms with Gasteiger partial charge in [0.05, 0.1) is 16.6 Å². The van der Waals surface area contributed by atoms with Crippen LogP contribution in [0, 0.1) is 6.92 Å². The maximum Gasteiger partial charge on any atom is 0.417 e. The molecule has 0 fully saturated rings. The fourth-order valence-electron chi connectivity index (χ4n) is 3.31. The summed E-state index contributed by atoms with van der Waals surface area (Å²) in [5.41, 5.74) is -0.265. The van der Waals surface area contributed by atoms with Crippen LogP contribution in [0.4, 0.5) is 18.9 Å². The van der Waals surface area contributed by atoms with Gasteiger partial charge in [0.2, 0.25) is 5.88 Å². The number of hydrogen-bond donors (Lipinski definition) is 1. The lowest BCUT2D eigenvalue weighted by atomic mass is 10.1. The molecule has 8 nitrogen and oxygen atoms in total. The maximum absolute atomic E-state index is 13.6. The molecule has 1 atom stereocenters. The molecule has 3 heterocycles. The van der Waals surface area contributed by atoms with Crippen LogP contribution in [0.1, 0.15) is 18.2 Å². The Morgan fingerprint density at radius 2 is 1.94 bits per heavy atom. The molecule has 4 rings (SSSR count). The highest BCUT2D eigenvalue weighted by Crippen LogP contribution is 2.38. The number of aryl methyl sites for hydroxylation is 2. The second-order valence-corrected chi connectivity index (χ2v) is 7.02. The molecule has 1 aliphatic rings. The zero-order valence-corrected chi connectivity index (χ0v) is 16.9. The van der Waals surface area contributed by atoms with E-state index in [4.69, 9.17) is 14.2 Å². The third kappa shape index (κ3) is 4.07. The molecule has 0 bridgehead atoms. The van der Waals surface area contributed by atoms with E-state index < -0.39 is 23.8 Å². The standard InChI is InChI=1S/C20H19F3N4O4/c1-10-17-13(20(21,22)23)9-16(25-18(17)27(3)26-10)31-11(2)19(28)24-12-4-5-14-15(8-12)30-7-6-29-14/h4-5,8-9,11H,6-7H2,1-3H3,(H,24,28)/t11-/m0/s1. The highest BCUT2D eigenvalue weighted by atomic mass is 19.4. The van der Waals surface area contributed by atoms with E-state index in [1.165, 1.54) is 25.6 Å². The lowest BCUT2D eigenvalue weighted by molar-refractivity contribution is -0.136. The summed E-state index contributed by atoms with van der Waals surface area (Å²) in [6, 6.07) is 5.67. The lowest BCUT2D eigenvalue weighted by Crippen LogP contribution is -2.30. The van der Waals surface area contributed by atoms with Gasteiger partial charge in [0, 0.05) is 24.9 Å². The molecule has 0 aliphatic carbocycles. The van der Waals surface area contributed by atoms with E-state index in [0.29, 0.717) is 30.4 Å². The number of carbonyl (C=O) groups excluding carboxylic acids is 1. The van der Waals surface area contributed by atoms with Gasteiger partial charge in [-0.05, 0) is 26.0 Å². The van der Waals surface area contributed by atoms with Crippen molar-refractivity contribution in [2.75, 3.05) is 18.5 Å². The molecule has 1 aliphatic heterocycles. The van der Waals surface area contributed by atoms with Crippen LogP contribution >= 0.6 is 0 Å². The summed E-state index contributed by atoms with van der Waals surface area (Å²) in [5.74, 6) is 0.171. The molecule has 31 heavy (non-hydrogen) atoms. The van der Waals surface area contributed by atoms with Gasteiger partial charge >= 0.3 is 6.18 Å². The van der Waals surface area contributed by atoms with E-state index in [9.17, 15) is 18.0 Å². The smallest absolute Gasteiger partial charge is 0.417 e. The van der Waals surface area contributed by atoms with Crippen molar-refractivity contribution < 1.29 is 32.2 Å². The van der Waals surface area contributed by atoms with Crippen molar-refractivity contribution in [3.63, 3.8) is 0 Å². The van der Waals surface area contributed by atoms with Crippen molar-refractivity contribution in [1.82, 2.24) is 14.8 Å². The van der Waals surface area contributed by atoms with Crippen LogP contribution < -0.4 is 19.5 Å². The molecular formula is C20H19F3N4O4. The monoisotopic (exact) mass is 436 g/mol. The summed E-state index contributed by atoms with van der Waals surface area (Å²) in [4.78, 5) is 16.6. The van der Waals surface area contributed by atoms with Gasteiger partial charge in [-0.3, -0.25) is 9.48 Å². The molecule has 164 valence electrons. The van der Waals surface area contributed by atoms with Gasteiger partial charge in [0.15, 0.2) is 23.3 Å². The number of alkyl halides is 3. The van der Waals surface area contributed by atoms with Crippen LogP contribution in [0.3, 0.4) is 0 Å². The first kappa shape index (κ1) is 20.8. The zero-order valence-electron chi connectivity index (χ0n) is 16.9. The van der Waals surface area contributed by atoms with Gasteiger partial charge in [-0.1, -0.05) is 0 Å². The SMILES string of the molecule is Cc1nn(C)c2nc(O[C@@H](C)C(=O)Nc3ccc4c(c3)OCCO4)cc(C(F)(F)F)c12. The average molecular weight is 436 g/mol. The molecule has 1 N–H and O–H groups in total. The van der Waals surface area contributed by atoms with Crippen LogP contribution in [0.5, 0.6) is 17.4 Å². The van der Waals surface area contributed by atoms with Gasteiger partial charge in [-0.25, -0.2) is 0 Å². The number of nitrogens with one attached hydrogen (secondary N) is 1. The Hall–Kier alpha value is -3.50. The number of pyridine rings is 1. The van der Waals surface area contributed by atoms with E-state index in [0.717, 1.165) is 6.07 Å². The second kappa shape index (κ2) is 7.64. The zero-order chi connectivity index (χ0) is 22.3. The molecule has 0 spiro atoms. The second-order valence-electron chi connectivity index (χ2n) is 7.02. The molecule has 2 aromatic heterocycles. The molecular weight excluding hydrogens is 417 g/mol. The summed E-state index contributed by atoms with van der Waals surface area (Å²) in [7, 11) is 1.49. The molecule has 0 saturated carbocycles. The van der Waals surface area contributed by atoms with Gasteiger partial charge in [-0.2, -0.15) is 23.3 Å². The third-order valence-corrected chi connectivity index (χ3v) is 4.73. The summed E-state index contributed by atoms with van der Waals surface area (Å²) < 4.78 is 58.3. The van der Waals surface area contributed by atoms with Gasteiger partial charge in [-0.15, -0.1) is 0 Å². The number of carbonyl (C=O) groups is 1. The Morgan fingerprint density at radius 1 is 1.23 bits per heavy atom. The summed E-state index contributed by atoms with van der Waals surface area (Å²) in [6.07, 6.45) is -5.75. The fourth-order valence-corrected chi connectivity index (χ4v) is 3.31. The van der Waals surface area contributed by atoms with Crippen LogP contribution in [0.25, 0.3) is 11.0 Å². The number of rotatable bonds is 4.